The second-order valence-electron chi connectivity index (χ2n) is 5.65. The molecule has 0 saturated carbocycles. The van der Waals surface area contributed by atoms with Crippen molar-refractivity contribution >= 4 is 33.6 Å². The number of nitrogens with zero attached hydrogens (tertiary/aromatic N) is 2. The Morgan fingerprint density at radius 3 is 2.80 bits per heavy atom. The Balaban J connectivity index is 1.75. The molecular weight excluding hydrogens is 336 g/mol. The first kappa shape index (κ1) is 15.7. The van der Waals surface area contributed by atoms with Crippen molar-refractivity contribution in [2.75, 3.05) is 0 Å². The number of rotatable bonds is 3. The molecule has 2 aromatic heterocycles. The molecule has 0 aliphatic carbocycles. The van der Waals surface area contributed by atoms with Crippen molar-refractivity contribution in [2.24, 2.45) is 0 Å². The maximum Gasteiger partial charge on any atom is 0.336 e. The summed E-state index contributed by atoms with van der Waals surface area (Å²) < 4.78 is 5.17. The first-order chi connectivity index (χ1) is 12.1. The molecule has 0 saturated heterocycles. The molecule has 124 valence electrons. The Morgan fingerprint density at radius 1 is 1.08 bits per heavy atom. The molecule has 0 atom stereocenters. The highest BCUT2D eigenvalue weighted by molar-refractivity contribution is 7.98. The summed E-state index contributed by atoms with van der Waals surface area (Å²) in [5, 5.41) is 12.3. The van der Waals surface area contributed by atoms with Crippen molar-refractivity contribution in [3.63, 3.8) is 0 Å². The first-order valence-corrected chi connectivity index (χ1v) is 8.71. The van der Waals surface area contributed by atoms with E-state index in [2.05, 4.69) is 9.97 Å². The van der Waals surface area contributed by atoms with E-state index in [4.69, 9.17) is 4.42 Å². The molecule has 2 aromatic carbocycles. The zero-order chi connectivity index (χ0) is 17.4. The van der Waals surface area contributed by atoms with Crippen LogP contribution in [0.3, 0.4) is 0 Å². The van der Waals surface area contributed by atoms with Gasteiger partial charge in [-0.15, -0.1) is 11.8 Å². The fourth-order valence-corrected chi connectivity index (χ4v) is 3.81. The molecule has 4 aromatic rings. The van der Waals surface area contributed by atoms with Gasteiger partial charge < -0.3 is 9.52 Å². The molecule has 2 heterocycles. The van der Waals surface area contributed by atoms with Gasteiger partial charge in [-0.3, -0.25) is 0 Å². The number of thioether (sulfide) groups is 1. The minimum absolute atomic E-state index is 0.0675. The summed E-state index contributed by atoms with van der Waals surface area (Å²) in [6.07, 6.45) is 0. The van der Waals surface area contributed by atoms with Crippen LogP contribution in [0.1, 0.15) is 11.4 Å². The summed E-state index contributed by atoms with van der Waals surface area (Å²) in [6.45, 7) is 1.87. The van der Waals surface area contributed by atoms with E-state index >= 15 is 0 Å². The van der Waals surface area contributed by atoms with Gasteiger partial charge in [-0.2, -0.15) is 0 Å². The van der Waals surface area contributed by atoms with Gasteiger partial charge in [0.25, 0.3) is 0 Å². The molecule has 25 heavy (non-hydrogen) atoms. The lowest BCUT2D eigenvalue weighted by Crippen LogP contribution is -2.00. The molecule has 0 radical (unpaired) electrons. The second-order valence-corrected chi connectivity index (χ2v) is 6.62. The lowest BCUT2D eigenvalue weighted by Gasteiger charge is -2.08. The lowest BCUT2D eigenvalue weighted by atomic mass is 10.1. The molecule has 4 rings (SSSR count). The van der Waals surface area contributed by atoms with E-state index < -0.39 is 5.63 Å². The summed E-state index contributed by atoms with van der Waals surface area (Å²) in [7, 11) is 0. The van der Waals surface area contributed by atoms with Crippen LogP contribution in [0.4, 0.5) is 0 Å². The normalized spacial score (nSPS) is 11.2. The van der Waals surface area contributed by atoms with Crippen LogP contribution in [0.15, 0.2) is 62.8 Å². The van der Waals surface area contributed by atoms with E-state index in [0.29, 0.717) is 17.2 Å². The number of phenolic OH excluding ortho intramolecular Hbond substituents is 1. The van der Waals surface area contributed by atoms with Crippen LogP contribution in [0.2, 0.25) is 0 Å². The standard InChI is InChI=1S/C19H14N2O3S/c1-11-20-16-5-3-2-4-15(16)19(21-11)25-10-12-8-18(23)24-17-9-13(22)6-7-14(12)17/h2-9,22H,10H2,1H3. The van der Waals surface area contributed by atoms with Gasteiger partial charge >= 0.3 is 5.63 Å². The van der Waals surface area contributed by atoms with Gasteiger partial charge in [0.1, 0.15) is 22.2 Å². The third kappa shape index (κ3) is 3.08. The molecule has 0 amide bonds. The zero-order valence-electron chi connectivity index (χ0n) is 13.4. The molecule has 0 aliphatic heterocycles. The largest absolute Gasteiger partial charge is 0.508 e. The second kappa shape index (κ2) is 6.22. The van der Waals surface area contributed by atoms with E-state index in [0.717, 1.165) is 26.9 Å². The van der Waals surface area contributed by atoms with Crippen molar-refractivity contribution in [2.45, 2.75) is 17.7 Å². The summed E-state index contributed by atoms with van der Waals surface area (Å²) in [4.78, 5) is 20.8. The predicted octanol–water partition coefficient (Wildman–Crippen LogP) is 4.04. The van der Waals surface area contributed by atoms with Gasteiger partial charge in [-0.05, 0) is 30.7 Å². The van der Waals surface area contributed by atoms with Gasteiger partial charge in [-0.25, -0.2) is 14.8 Å². The van der Waals surface area contributed by atoms with Crippen LogP contribution in [-0.4, -0.2) is 15.1 Å². The molecule has 0 unspecified atom stereocenters. The third-order valence-corrected chi connectivity index (χ3v) is 4.90. The highest BCUT2D eigenvalue weighted by atomic mass is 32.2. The summed E-state index contributed by atoms with van der Waals surface area (Å²) in [6, 6.07) is 14.1. The molecule has 1 N–H and O–H groups in total. The number of hydrogen-bond donors (Lipinski definition) is 1. The fraction of sp³-hybridized carbons (Fsp3) is 0.105. The highest BCUT2D eigenvalue weighted by Gasteiger charge is 2.10. The minimum Gasteiger partial charge on any atom is -0.508 e. The molecule has 0 bridgehead atoms. The number of aromatic hydroxyl groups is 1. The van der Waals surface area contributed by atoms with E-state index in [1.165, 1.54) is 12.1 Å². The van der Waals surface area contributed by atoms with Crippen LogP contribution < -0.4 is 5.63 Å². The van der Waals surface area contributed by atoms with Crippen molar-refractivity contribution in [1.29, 1.82) is 0 Å². The molecule has 5 nitrogen and oxygen atoms in total. The zero-order valence-corrected chi connectivity index (χ0v) is 14.2. The van der Waals surface area contributed by atoms with Crippen LogP contribution in [0, 0.1) is 6.92 Å². The van der Waals surface area contributed by atoms with Crippen molar-refractivity contribution < 1.29 is 9.52 Å². The maximum absolute atomic E-state index is 11.8. The van der Waals surface area contributed by atoms with E-state index in [1.807, 2.05) is 31.2 Å². The number of aryl methyl sites for hydroxylation is 1. The number of hydrogen-bond acceptors (Lipinski definition) is 6. The Morgan fingerprint density at radius 2 is 1.92 bits per heavy atom. The smallest absolute Gasteiger partial charge is 0.336 e. The van der Waals surface area contributed by atoms with E-state index in [9.17, 15) is 9.90 Å². The number of aromatic nitrogens is 2. The van der Waals surface area contributed by atoms with Crippen molar-refractivity contribution in [3.8, 4) is 5.75 Å². The van der Waals surface area contributed by atoms with Gasteiger partial charge in [0.15, 0.2) is 0 Å². The highest BCUT2D eigenvalue weighted by Crippen LogP contribution is 2.30. The average molecular weight is 350 g/mol. The van der Waals surface area contributed by atoms with Crippen molar-refractivity contribution in [3.05, 3.63) is 70.3 Å². The van der Waals surface area contributed by atoms with Gasteiger partial charge in [-0.1, -0.05) is 18.2 Å². The minimum atomic E-state index is -0.433. The van der Waals surface area contributed by atoms with Crippen LogP contribution >= 0.6 is 11.8 Å². The van der Waals surface area contributed by atoms with Gasteiger partial charge in [0.05, 0.1) is 5.52 Å². The summed E-state index contributed by atoms with van der Waals surface area (Å²) in [5.74, 6) is 1.34. The summed E-state index contributed by atoms with van der Waals surface area (Å²) >= 11 is 1.55. The van der Waals surface area contributed by atoms with E-state index in [-0.39, 0.29) is 5.75 Å². The first-order valence-electron chi connectivity index (χ1n) is 7.72. The maximum atomic E-state index is 11.8. The molecule has 0 spiro atoms. The SMILES string of the molecule is Cc1nc(SCc2cc(=O)oc3cc(O)ccc23)c2ccccc2n1. The van der Waals surface area contributed by atoms with Crippen molar-refractivity contribution in [1.82, 2.24) is 9.97 Å². The Kier molecular flexibility index (Phi) is 3.89. The number of benzene rings is 2. The number of para-hydroxylation sites is 1. The van der Waals surface area contributed by atoms with Gasteiger partial charge in [0.2, 0.25) is 0 Å². The molecular formula is C19H14N2O3S. The van der Waals surface area contributed by atoms with E-state index in [1.54, 1.807) is 23.9 Å². The topological polar surface area (TPSA) is 76.2 Å². The van der Waals surface area contributed by atoms with Crippen LogP contribution in [-0.2, 0) is 5.75 Å². The fourth-order valence-electron chi connectivity index (χ4n) is 2.75. The average Bonchev–Trinajstić information content (AvgIpc) is 2.58. The molecule has 6 heteroatoms. The number of fused-ring (bicyclic) bond motifs is 2. The quantitative estimate of drug-likeness (QED) is 0.341. The third-order valence-electron chi connectivity index (χ3n) is 3.86. The number of phenols is 1. The molecule has 0 fully saturated rings. The Labute approximate surface area is 147 Å². The summed E-state index contributed by atoms with van der Waals surface area (Å²) in [5.41, 5.74) is 1.70. The van der Waals surface area contributed by atoms with Crippen LogP contribution in [0.5, 0.6) is 5.75 Å². The monoisotopic (exact) mass is 350 g/mol. The Bertz CT molecular complexity index is 1150. The van der Waals surface area contributed by atoms with Crippen LogP contribution in [0.25, 0.3) is 21.9 Å². The Hall–Kier alpha value is -2.86. The molecule has 0 aliphatic rings. The lowest BCUT2D eigenvalue weighted by molar-refractivity contribution is 0.473. The van der Waals surface area contributed by atoms with Gasteiger partial charge in [0, 0.05) is 28.7 Å². The predicted molar refractivity (Wildman–Crippen MR) is 98.0 cm³/mol.